The van der Waals surface area contributed by atoms with Crippen LogP contribution < -0.4 is 9.47 Å². The highest BCUT2D eigenvalue weighted by atomic mass is 19.1. The standard InChI is InChI=1S/C37H50FN3O6/c1-8-10-14-45-34-24-18-41(19-37(3,4)5)13-12-21(24)29(38)22-16-20-17-23-26(31(42)25(20)32(43)27(22)34)33(44)28-35(30(23)40(6)7)47-39-36(28)46-15-11-9-2/h20,23,26,30,43H,8-19H2,1-7H3/t20-,23?,26?,30-/m0/s1. The molecule has 1 aromatic heterocycles. The number of benzene rings is 1. The monoisotopic (exact) mass is 651 g/mol. The van der Waals surface area contributed by atoms with Gasteiger partial charge in [0, 0.05) is 36.3 Å². The summed E-state index contributed by atoms with van der Waals surface area (Å²) in [6, 6.07) is -0.409. The highest BCUT2D eigenvalue weighted by Crippen LogP contribution is 2.55. The van der Waals surface area contributed by atoms with Crippen molar-refractivity contribution >= 4 is 17.3 Å². The Balaban J connectivity index is 1.45. The van der Waals surface area contributed by atoms with E-state index in [0.29, 0.717) is 55.2 Å². The molecule has 0 amide bonds. The molecule has 4 atom stereocenters. The van der Waals surface area contributed by atoms with Crippen LogP contribution in [0.1, 0.15) is 111 Å². The van der Waals surface area contributed by atoms with Crippen LogP contribution in [0, 0.1) is 29.0 Å². The van der Waals surface area contributed by atoms with Crippen LogP contribution in [0.15, 0.2) is 10.1 Å². The maximum absolute atomic E-state index is 16.6. The van der Waals surface area contributed by atoms with Gasteiger partial charge < -0.3 is 19.1 Å². The molecule has 2 aromatic rings. The minimum atomic E-state index is -1.04. The molecule has 4 aliphatic rings. The first-order chi connectivity index (χ1) is 22.4. The maximum atomic E-state index is 16.6. The number of carbonyl (C=O) groups is 2. The van der Waals surface area contributed by atoms with E-state index >= 15 is 4.39 Å². The first-order valence-electron chi connectivity index (χ1n) is 17.4. The molecular formula is C37H50FN3O6. The van der Waals surface area contributed by atoms with E-state index < -0.39 is 29.6 Å². The lowest BCUT2D eigenvalue weighted by Crippen LogP contribution is -2.49. The highest BCUT2D eigenvalue weighted by molar-refractivity contribution is 6.20. The summed E-state index contributed by atoms with van der Waals surface area (Å²) in [6.07, 6.45) is 4.64. The van der Waals surface area contributed by atoms with E-state index in [1.165, 1.54) is 0 Å². The molecule has 47 heavy (non-hydrogen) atoms. The fourth-order valence-electron chi connectivity index (χ4n) is 8.32. The third-order valence-corrected chi connectivity index (χ3v) is 10.3. The Hall–Kier alpha value is -3.24. The van der Waals surface area contributed by atoms with Gasteiger partial charge >= 0.3 is 0 Å². The van der Waals surface area contributed by atoms with E-state index in [9.17, 15) is 14.7 Å². The summed E-state index contributed by atoms with van der Waals surface area (Å²) in [4.78, 5) is 33.0. The average molecular weight is 652 g/mol. The van der Waals surface area contributed by atoms with Crippen LogP contribution in [0.25, 0.3) is 5.76 Å². The number of Topliss-reactive ketones (excluding diaryl/α,β-unsaturated/α-hetero) is 2. The number of fused-ring (bicyclic) bond motifs is 5. The van der Waals surface area contributed by atoms with Crippen molar-refractivity contribution in [1.29, 1.82) is 0 Å². The summed E-state index contributed by atoms with van der Waals surface area (Å²) in [5.41, 5.74) is 2.58. The molecule has 2 unspecified atom stereocenters. The number of aliphatic hydroxyl groups excluding tert-OH is 1. The van der Waals surface area contributed by atoms with Crippen LogP contribution in [0.5, 0.6) is 11.6 Å². The van der Waals surface area contributed by atoms with Crippen LogP contribution in [0.4, 0.5) is 4.39 Å². The summed E-state index contributed by atoms with van der Waals surface area (Å²) in [6.45, 7) is 13.6. The van der Waals surface area contributed by atoms with Gasteiger partial charge in [-0.3, -0.25) is 19.4 Å². The molecule has 0 radical (unpaired) electrons. The minimum absolute atomic E-state index is 0.0537. The number of ether oxygens (including phenoxy) is 2. The number of nitrogens with zero attached hydrogens (tertiary/aromatic N) is 3. The van der Waals surface area contributed by atoms with Gasteiger partial charge in [0.05, 0.1) is 30.7 Å². The largest absolute Gasteiger partial charge is 0.507 e. The third-order valence-electron chi connectivity index (χ3n) is 10.3. The fraction of sp³-hybridized carbons (Fsp3) is 0.649. The number of allylic oxidation sites excluding steroid dienone is 1. The van der Waals surface area contributed by atoms with Gasteiger partial charge in [0.1, 0.15) is 22.9 Å². The van der Waals surface area contributed by atoms with Crippen LogP contribution in [0.3, 0.4) is 0 Å². The summed E-state index contributed by atoms with van der Waals surface area (Å²) >= 11 is 0. The van der Waals surface area contributed by atoms with Crippen LogP contribution in [0.2, 0.25) is 0 Å². The van der Waals surface area contributed by atoms with E-state index in [1.807, 2.05) is 25.9 Å². The SMILES string of the molecule is CCCCOc1noc2c1C(=O)C1C(=O)C3=C(O)c4c(c(F)c5c(c4OCCCC)CN(CC(C)(C)C)CC5)C[C@H]3CC1[C@@H]2N(C)C. The van der Waals surface area contributed by atoms with Crippen LogP contribution >= 0.6 is 0 Å². The number of halogens is 1. The second kappa shape index (κ2) is 13.0. The lowest BCUT2D eigenvalue weighted by atomic mass is 9.59. The third kappa shape index (κ3) is 5.90. The Bertz CT molecular complexity index is 1590. The Morgan fingerprint density at radius 1 is 1.02 bits per heavy atom. The van der Waals surface area contributed by atoms with Gasteiger partial charge in [-0.2, -0.15) is 0 Å². The Kier molecular flexibility index (Phi) is 9.30. The molecule has 1 aliphatic heterocycles. The first-order valence-corrected chi connectivity index (χ1v) is 17.4. The molecule has 0 spiro atoms. The quantitative estimate of drug-likeness (QED) is 0.221. The van der Waals surface area contributed by atoms with Crippen molar-refractivity contribution in [2.24, 2.45) is 23.2 Å². The number of unbranched alkanes of at least 4 members (excludes halogenated alkanes) is 2. The van der Waals surface area contributed by atoms with Gasteiger partial charge in [0.2, 0.25) is 0 Å². The van der Waals surface area contributed by atoms with Crippen molar-refractivity contribution in [2.45, 2.75) is 92.2 Å². The molecule has 1 fully saturated rings. The molecule has 10 heteroatoms. The maximum Gasteiger partial charge on any atom is 0.265 e. The van der Waals surface area contributed by atoms with E-state index in [2.05, 4.69) is 37.8 Å². The summed E-state index contributed by atoms with van der Waals surface area (Å²) in [5, 5.41) is 16.2. The van der Waals surface area contributed by atoms with Crippen molar-refractivity contribution in [3.63, 3.8) is 0 Å². The summed E-state index contributed by atoms with van der Waals surface area (Å²) in [5.74, 6) is -2.26. The molecule has 1 aromatic carbocycles. The molecule has 9 nitrogen and oxygen atoms in total. The lowest BCUT2D eigenvalue weighted by molar-refractivity contribution is -0.123. The predicted octanol–water partition coefficient (Wildman–Crippen LogP) is 6.72. The molecule has 6 rings (SSSR count). The normalized spacial score (nSPS) is 24.1. The lowest BCUT2D eigenvalue weighted by Gasteiger charge is -2.45. The number of rotatable bonds is 10. The number of hydrogen-bond acceptors (Lipinski definition) is 9. The smallest absolute Gasteiger partial charge is 0.265 e. The van der Waals surface area contributed by atoms with Gasteiger partial charge in [-0.1, -0.05) is 47.5 Å². The number of carbonyl (C=O) groups excluding carboxylic acids is 2. The average Bonchev–Trinajstić information content (AvgIpc) is 3.41. The molecule has 0 bridgehead atoms. The fourth-order valence-corrected chi connectivity index (χ4v) is 8.32. The van der Waals surface area contributed by atoms with E-state index in [0.717, 1.165) is 44.3 Å². The molecule has 0 saturated heterocycles. The van der Waals surface area contributed by atoms with E-state index in [-0.39, 0.29) is 51.8 Å². The molecule has 1 saturated carbocycles. The summed E-state index contributed by atoms with van der Waals surface area (Å²) < 4.78 is 34.7. The minimum Gasteiger partial charge on any atom is -0.507 e. The second-order valence-electron chi connectivity index (χ2n) is 15.3. The molecule has 3 aliphatic carbocycles. The van der Waals surface area contributed by atoms with Gasteiger partial charge in [-0.25, -0.2) is 4.39 Å². The van der Waals surface area contributed by atoms with Crippen molar-refractivity contribution in [3.05, 3.63) is 45.0 Å². The Labute approximate surface area is 277 Å². The van der Waals surface area contributed by atoms with Crippen molar-refractivity contribution < 1.29 is 33.1 Å². The molecule has 256 valence electrons. The van der Waals surface area contributed by atoms with E-state index in [1.54, 1.807) is 0 Å². The van der Waals surface area contributed by atoms with Gasteiger partial charge in [0.15, 0.2) is 17.3 Å². The first kappa shape index (κ1) is 33.7. The zero-order chi connectivity index (χ0) is 33.8. The molecule has 2 heterocycles. The van der Waals surface area contributed by atoms with Crippen LogP contribution in [-0.4, -0.2) is 72.0 Å². The highest BCUT2D eigenvalue weighted by Gasteiger charge is 2.57. The predicted molar refractivity (Wildman–Crippen MR) is 176 cm³/mol. The number of ketones is 2. The Morgan fingerprint density at radius 2 is 1.72 bits per heavy atom. The number of aliphatic hydroxyl groups is 1. The van der Waals surface area contributed by atoms with Gasteiger partial charge in [-0.15, -0.1) is 0 Å². The van der Waals surface area contributed by atoms with Crippen molar-refractivity contribution in [2.75, 3.05) is 40.4 Å². The zero-order valence-electron chi connectivity index (χ0n) is 29.0. The summed E-state index contributed by atoms with van der Waals surface area (Å²) in [7, 11) is 3.78. The number of hydrogen-bond donors (Lipinski definition) is 1. The molecular weight excluding hydrogens is 601 g/mol. The van der Waals surface area contributed by atoms with Crippen molar-refractivity contribution in [3.8, 4) is 11.6 Å². The van der Waals surface area contributed by atoms with Crippen molar-refractivity contribution in [1.82, 2.24) is 15.0 Å². The topological polar surface area (TPSA) is 105 Å². The Morgan fingerprint density at radius 3 is 2.38 bits per heavy atom. The number of aromatic nitrogens is 1. The van der Waals surface area contributed by atoms with Crippen LogP contribution in [-0.2, 0) is 24.2 Å². The molecule has 1 N–H and O–H groups in total. The van der Waals surface area contributed by atoms with E-state index in [4.69, 9.17) is 14.0 Å². The second-order valence-corrected chi connectivity index (χ2v) is 15.3. The van der Waals surface area contributed by atoms with Gasteiger partial charge in [0.25, 0.3) is 5.88 Å². The van der Waals surface area contributed by atoms with Gasteiger partial charge in [-0.05, 0) is 74.2 Å². The zero-order valence-corrected chi connectivity index (χ0v) is 29.0.